The van der Waals surface area contributed by atoms with Crippen molar-refractivity contribution in [3.8, 4) is 0 Å². The highest BCUT2D eigenvalue weighted by atomic mass is 32.2. The van der Waals surface area contributed by atoms with Crippen molar-refractivity contribution in [1.29, 1.82) is 0 Å². The fourth-order valence-corrected chi connectivity index (χ4v) is 5.03. The molecule has 0 aromatic carbocycles. The molecule has 1 saturated heterocycles. The number of hydrogen-bond acceptors (Lipinski definition) is 4. The van der Waals surface area contributed by atoms with Gasteiger partial charge in [-0.15, -0.1) is 0 Å². The van der Waals surface area contributed by atoms with Crippen molar-refractivity contribution in [2.24, 2.45) is 0 Å². The second-order valence-corrected chi connectivity index (χ2v) is 8.13. The molecule has 1 unspecified atom stereocenters. The van der Waals surface area contributed by atoms with Gasteiger partial charge in [0.05, 0.1) is 5.75 Å². The van der Waals surface area contributed by atoms with Crippen LogP contribution in [0.15, 0.2) is 0 Å². The first-order valence-corrected chi connectivity index (χ1v) is 9.56. The monoisotopic (exact) mass is 294 g/mol. The van der Waals surface area contributed by atoms with E-state index in [4.69, 9.17) is 0 Å². The highest BCUT2D eigenvalue weighted by Gasteiger charge is 2.27. The zero-order chi connectivity index (χ0) is 13.4. The van der Waals surface area contributed by atoms with E-state index < -0.39 is 10.0 Å². The molecule has 1 aliphatic heterocycles. The lowest BCUT2D eigenvalue weighted by Gasteiger charge is -2.31. The number of rotatable bonds is 8. The lowest BCUT2D eigenvalue weighted by Crippen LogP contribution is -2.42. The fourth-order valence-electron chi connectivity index (χ4n) is 2.03. The molecule has 1 fully saturated rings. The summed E-state index contributed by atoms with van der Waals surface area (Å²) in [5.74, 6) is 1.24. The van der Waals surface area contributed by atoms with E-state index in [9.17, 15) is 8.42 Å². The van der Waals surface area contributed by atoms with Crippen LogP contribution < -0.4 is 5.32 Å². The molecule has 0 aromatic heterocycles. The normalized spacial score (nSPS) is 22.2. The third kappa shape index (κ3) is 5.47. The molecule has 1 aliphatic rings. The first-order chi connectivity index (χ1) is 8.60. The van der Waals surface area contributed by atoms with E-state index in [2.05, 4.69) is 19.2 Å². The summed E-state index contributed by atoms with van der Waals surface area (Å²) in [5, 5.41) is 3.70. The van der Waals surface area contributed by atoms with Gasteiger partial charge in [-0.25, -0.2) is 8.42 Å². The average Bonchev–Trinajstić information content (AvgIpc) is 2.38. The molecule has 0 aromatic rings. The van der Waals surface area contributed by atoms with Crippen LogP contribution in [0.4, 0.5) is 0 Å². The van der Waals surface area contributed by atoms with Gasteiger partial charge in [-0.1, -0.05) is 13.8 Å². The number of sulfonamides is 1. The average molecular weight is 294 g/mol. The van der Waals surface area contributed by atoms with E-state index in [1.165, 1.54) is 0 Å². The predicted molar refractivity (Wildman–Crippen MR) is 79.7 cm³/mol. The van der Waals surface area contributed by atoms with Gasteiger partial charge in [0, 0.05) is 24.1 Å². The van der Waals surface area contributed by atoms with Crippen LogP contribution in [0.2, 0.25) is 0 Å². The molecule has 0 spiro atoms. The SMILES string of the molecule is CCNCCCCS(=O)(=O)N1CCSC(CC)C1. The number of nitrogens with zero attached hydrogens (tertiary/aromatic N) is 1. The fraction of sp³-hybridized carbons (Fsp3) is 1.00. The van der Waals surface area contributed by atoms with Crippen LogP contribution in [0.3, 0.4) is 0 Å². The Morgan fingerprint density at radius 1 is 1.33 bits per heavy atom. The Hall–Kier alpha value is 0.220. The molecule has 0 saturated carbocycles. The van der Waals surface area contributed by atoms with Crippen LogP contribution in [0.5, 0.6) is 0 Å². The summed E-state index contributed by atoms with van der Waals surface area (Å²) in [5.41, 5.74) is 0. The third-order valence-corrected chi connectivity index (χ3v) is 6.50. The summed E-state index contributed by atoms with van der Waals surface area (Å²) in [6, 6.07) is 0. The molecular formula is C12H26N2O2S2. The molecule has 1 atom stereocenters. The Morgan fingerprint density at radius 2 is 2.11 bits per heavy atom. The summed E-state index contributed by atoms with van der Waals surface area (Å²) in [4.78, 5) is 0. The standard InChI is InChI=1S/C12H26N2O2S2/c1-3-12-11-14(8-9-17-12)18(15,16)10-6-5-7-13-4-2/h12-13H,3-11H2,1-2H3. The van der Waals surface area contributed by atoms with E-state index in [0.717, 1.165) is 38.1 Å². The Morgan fingerprint density at radius 3 is 2.78 bits per heavy atom. The molecule has 18 heavy (non-hydrogen) atoms. The van der Waals surface area contributed by atoms with Crippen LogP contribution in [0.25, 0.3) is 0 Å². The van der Waals surface area contributed by atoms with Crippen molar-refractivity contribution in [1.82, 2.24) is 9.62 Å². The second-order valence-electron chi connectivity index (χ2n) is 4.64. The maximum Gasteiger partial charge on any atom is 0.214 e. The minimum atomic E-state index is -3.02. The summed E-state index contributed by atoms with van der Waals surface area (Å²) >= 11 is 1.90. The molecule has 1 N–H and O–H groups in total. The number of hydrogen-bond donors (Lipinski definition) is 1. The largest absolute Gasteiger partial charge is 0.317 e. The molecule has 0 bridgehead atoms. The van der Waals surface area contributed by atoms with Gasteiger partial charge in [0.2, 0.25) is 10.0 Å². The maximum absolute atomic E-state index is 12.2. The molecular weight excluding hydrogens is 268 g/mol. The van der Waals surface area contributed by atoms with E-state index in [1.54, 1.807) is 4.31 Å². The molecule has 4 nitrogen and oxygen atoms in total. The second kappa shape index (κ2) is 8.40. The molecule has 0 aliphatic carbocycles. The van der Waals surface area contributed by atoms with Crippen LogP contribution in [-0.4, -0.2) is 55.7 Å². The zero-order valence-electron chi connectivity index (χ0n) is 11.5. The quantitative estimate of drug-likeness (QED) is 0.690. The molecule has 108 valence electrons. The minimum absolute atomic E-state index is 0.305. The van der Waals surface area contributed by atoms with Gasteiger partial charge < -0.3 is 5.32 Å². The van der Waals surface area contributed by atoms with Gasteiger partial charge in [0.15, 0.2) is 0 Å². The highest BCUT2D eigenvalue weighted by Crippen LogP contribution is 2.23. The number of nitrogens with one attached hydrogen (secondary N) is 1. The van der Waals surface area contributed by atoms with Crippen molar-refractivity contribution < 1.29 is 8.42 Å². The highest BCUT2D eigenvalue weighted by molar-refractivity contribution is 8.00. The van der Waals surface area contributed by atoms with Crippen molar-refractivity contribution in [2.45, 2.75) is 38.4 Å². The summed E-state index contributed by atoms with van der Waals surface area (Å²) in [7, 11) is -3.02. The first kappa shape index (κ1) is 16.3. The maximum atomic E-state index is 12.2. The van der Waals surface area contributed by atoms with Crippen molar-refractivity contribution in [3.63, 3.8) is 0 Å². The first-order valence-electron chi connectivity index (χ1n) is 6.90. The van der Waals surface area contributed by atoms with Gasteiger partial charge in [0.1, 0.15) is 0 Å². The predicted octanol–water partition coefficient (Wildman–Crippen LogP) is 1.53. The summed E-state index contributed by atoms with van der Waals surface area (Å²) in [6.45, 7) is 7.46. The summed E-state index contributed by atoms with van der Waals surface area (Å²) < 4.78 is 26.1. The van der Waals surface area contributed by atoms with Crippen molar-refractivity contribution in [3.05, 3.63) is 0 Å². The van der Waals surface area contributed by atoms with Gasteiger partial charge >= 0.3 is 0 Å². The zero-order valence-corrected chi connectivity index (χ0v) is 13.2. The summed E-state index contributed by atoms with van der Waals surface area (Å²) in [6.07, 6.45) is 2.75. The van der Waals surface area contributed by atoms with Crippen LogP contribution in [0.1, 0.15) is 33.1 Å². The Bertz CT molecular complexity index is 320. The van der Waals surface area contributed by atoms with Crippen LogP contribution in [0, 0.1) is 0 Å². The Labute approximate surface area is 116 Å². The smallest absolute Gasteiger partial charge is 0.214 e. The van der Waals surface area contributed by atoms with E-state index in [-0.39, 0.29) is 0 Å². The van der Waals surface area contributed by atoms with Gasteiger partial charge in [-0.2, -0.15) is 16.1 Å². The van der Waals surface area contributed by atoms with Gasteiger partial charge in [0.25, 0.3) is 0 Å². The Balaban J connectivity index is 2.33. The Kier molecular flexibility index (Phi) is 7.60. The molecule has 0 radical (unpaired) electrons. The van der Waals surface area contributed by atoms with Crippen molar-refractivity contribution >= 4 is 21.8 Å². The van der Waals surface area contributed by atoms with Crippen LogP contribution >= 0.6 is 11.8 Å². The topological polar surface area (TPSA) is 49.4 Å². The van der Waals surface area contributed by atoms with Gasteiger partial charge in [-0.3, -0.25) is 0 Å². The van der Waals surface area contributed by atoms with E-state index in [1.807, 2.05) is 11.8 Å². The molecule has 0 amide bonds. The van der Waals surface area contributed by atoms with Gasteiger partial charge in [-0.05, 0) is 32.4 Å². The minimum Gasteiger partial charge on any atom is -0.317 e. The number of unbranched alkanes of at least 4 members (excludes halogenated alkanes) is 1. The van der Waals surface area contributed by atoms with E-state index in [0.29, 0.717) is 24.1 Å². The lowest BCUT2D eigenvalue weighted by atomic mass is 10.3. The molecule has 1 heterocycles. The molecule has 1 rings (SSSR count). The number of thioether (sulfide) groups is 1. The van der Waals surface area contributed by atoms with E-state index >= 15 is 0 Å². The van der Waals surface area contributed by atoms with Crippen LogP contribution in [-0.2, 0) is 10.0 Å². The van der Waals surface area contributed by atoms with Crippen molar-refractivity contribution in [2.75, 3.05) is 37.7 Å². The lowest BCUT2D eigenvalue weighted by molar-refractivity contribution is 0.414. The molecule has 6 heteroatoms. The third-order valence-electron chi connectivity index (χ3n) is 3.21.